The number of nitrogens with one attached hydrogen (secondary N) is 1. The molecule has 0 atom stereocenters. The van der Waals surface area contributed by atoms with Crippen molar-refractivity contribution in [1.82, 2.24) is 14.5 Å². The van der Waals surface area contributed by atoms with Crippen molar-refractivity contribution in [3.05, 3.63) is 56.4 Å². The van der Waals surface area contributed by atoms with Crippen LogP contribution in [0.5, 0.6) is 0 Å². The van der Waals surface area contributed by atoms with E-state index in [0.29, 0.717) is 20.9 Å². The molecule has 0 radical (unpaired) electrons. The number of hydrogen-bond acceptors (Lipinski definition) is 5. The lowest BCUT2D eigenvalue weighted by Gasteiger charge is -2.17. The zero-order valence-corrected chi connectivity index (χ0v) is 17.9. The number of rotatable bonds is 6. The highest BCUT2D eigenvalue weighted by Gasteiger charge is 2.16. The minimum Gasteiger partial charge on any atom is -0.336 e. The lowest BCUT2D eigenvalue weighted by Crippen LogP contribution is -2.35. The maximum Gasteiger partial charge on any atom is 0.262 e. The van der Waals surface area contributed by atoms with Gasteiger partial charge < -0.3 is 10.2 Å². The highest BCUT2D eigenvalue weighted by molar-refractivity contribution is 7.18. The lowest BCUT2D eigenvalue weighted by molar-refractivity contribution is -0.133. The Morgan fingerprint density at radius 1 is 1.31 bits per heavy atom. The van der Waals surface area contributed by atoms with Crippen LogP contribution in [-0.4, -0.2) is 39.9 Å². The molecule has 9 heteroatoms. The van der Waals surface area contributed by atoms with Crippen LogP contribution in [0.25, 0.3) is 10.2 Å². The molecule has 152 valence electrons. The molecule has 1 N–H and O–H groups in total. The summed E-state index contributed by atoms with van der Waals surface area (Å²) in [6, 6.07) is 6.78. The SMILES string of the molecule is Cc1sc2ncn(CCC(=O)N(C)CC(=O)Nc3cccc(Cl)c3)c(=O)c2c1C. The monoisotopic (exact) mass is 432 g/mol. The summed E-state index contributed by atoms with van der Waals surface area (Å²) >= 11 is 7.38. The fraction of sp³-hybridized carbons (Fsp3) is 0.300. The van der Waals surface area contributed by atoms with Gasteiger partial charge in [0.25, 0.3) is 5.56 Å². The number of anilines is 1. The molecule has 0 spiro atoms. The van der Waals surface area contributed by atoms with Crippen LogP contribution in [0.3, 0.4) is 0 Å². The number of likely N-dealkylation sites (N-methyl/N-ethyl adjacent to an activating group) is 1. The first-order valence-corrected chi connectivity index (χ1v) is 10.2. The summed E-state index contributed by atoms with van der Waals surface area (Å²) in [6.45, 7) is 3.97. The second-order valence-electron chi connectivity index (χ2n) is 6.76. The summed E-state index contributed by atoms with van der Waals surface area (Å²) in [5.74, 6) is -0.566. The van der Waals surface area contributed by atoms with Gasteiger partial charge in [-0.25, -0.2) is 4.98 Å². The zero-order valence-electron chi connectivity index (χ0n) is 16.4. The molecule has 3 rings (SSSR count). The molecule has 0 saturated heterocycles. The molecule has 2 heterocycles. The number of benzene rings is 1. The van der Waals surface area contributed by atoms with Crippen LogP contribution in [0.4, 0.5) is 5.69 Å². The summed E-state index contributed by atoms with van der Waals surface area (Å²) in [5.41, 5.74) is 1.35. The van der Waals surface area contributed by atoms with E-state index in [1.165, 1.54) is 27.1 Å². The number of fused-ring (bicyclic) bond motifs is 1. The Morgan fingerprint density at radius 2 is 2.07 bits per heavy atom. The van der Waals surface area contributed by atoms with E-state index in [0.717, 1.165) is 10.4 Å². The van der Waals surface area contributed by atoms with E-state index in [1.807, 2.05) is 13.8 Å². The van der Waals surface area contributed by atoms with Crippen molar-refractivity contribution < 1.29 is 9.59 Å². The van der Waals surface area contributed by atoms with E-state index in [1.54, 1.807) is 31.3 Å². The summed E-state index contributed by atoms with van der Waals surface area (Å²) in [5, 5.41) is 3.82. The van der Waals surface area contributed by atoms with E-state index >= 15 is 0 Å². The topological polar surface area (TPSA) is 84.3 Å². The fourth-order valence-corrected chi connectivity index (χ4v) is 4.08. The van der Waals surface area contributed by atoms with Gasteiger partial charge in [0, 0.05) is 35.6 Å². The Bertz CT molecular complexity index is 1140. The minimum atomic E-state index is -0.326. The van der Waals surface area contributed by atoms with Crippen LogP contribution >= 0.6 is 22.9 Å². The molecule has 1 aromatic carbocycles. The van der Waals surface area contributed by atoms with Gasteiger partial charge in [0.15, 0.2) is 0 Å². The van der Waals surface area contributed by atoms with Crippen LogP contribution in [-0.2, 0) is 16.1 Å². The van der Waals surface area contributed by atoms with Crippen molar-refractivity contribution in [2.75, 3.05) is 18.9 Å². The van der Waals surface area contributed by atoms with E-state index in [-0.39, 0.29) is 36.9 Å². The number of halogens is 1. The Labute approximate surface area is 176 Å². The van der Waals surface area contributed by atoms with Gasteiger partial charge in [-0.2, -0.15) is 0 Å². The normalized spacial score (nSPS) is 10.9. The van der Waals surface area contributed by atoms with Crippen molar-refractivity contribution in [1.29, 1.82) is 0 Å². The minimum absolute atomic E-state index is 0.0935. The summed E-state index contributed by atoms with van der Waals surface area (Å²) in [7, 11) is 1.55. The van der Waals surface area contributed by atoms with Gasteiger partial charge in [-0.1, -0.05) is 17.7 Å². The maximum absolute atomic E-state index is 12.7. The first-order valence-electron chi connectivity index (χ1n) is 9.00. The van der Waals surface area contributed by atoms with Crippen molar-refractivity contribution in [2.45, 2.75) is 26.8 Å². The third-order valence-electron chi connectivity index (χ3n) is 4.64. The van der Waals surface area contributed by atoms with Crippen LogP contribution in [0.1, 0.15) is 16.9 Å². The zero-order chi connectivity index (χ0) is 21.1. The number of carbonyl (C=O) groups is 2. The molecular formula is C20H21ClN4O3S. The van der Waals surface area contributed by atoms with Gasteiger partial charge in [0.05, 0.1) is 18.3 Å². The Kier molecular flexibility index (Phi) is 6.34. The quantitative estimate of drug-likeness (QED) is 0.648. The second-order valence-corrected chi connectivity index (χ2v) is 8.40. The van der Waals surface area contributed by atoms with Gasteiger partial charge >= 0.3 is 0 Å². The van der Waals surface area contributed by atoms with Crippen LogP contribution in [0.2, 0.25) is 5.02 Å². The number of aryl methyl sites for hydroxylation is 3. The predicted molar refractivity (Wildman–Crippen MR) is 116 cm³/mol. The highest BCUT2D eigenvalue weighted by atomic mass is 35.5. The molecule has 2 aromatic heterocycles. The molecule has 0 fully saturated rings. The predicted octanol–water partition coefficient (Wildman–Crippen LogP) is 3.22. The highest BCUT2D eigenvalue weighted by Crippen LogP contribution is 2.25. The lowest BCUT2D eigenvalue weighted by atomic mass is 10.2. The number of aromatic nitrogens is 2. The number of amides is 2. The molecule has 0 bridgehead atoms. The number of nitrogens with zero attached hydrogens (tertiary/aromatic N) is 3. The van der Waals surface area contributed by atoms with Crippen molar-refractivity contribution in [3.63, 3.8) is 0 Å². The van der Waals surface area contributed by atoms with Gasteiger partial charge in [-0.15, -0.1) is 11.3 Å². The smallest absolute Gasteiger partial charge is 0.262 e. The fourth-order valence-electron chi connectivity index (χ4n) is 2.91. The summed E-state index contributed by atoms with van der Waals surface area (Å²) in [6.07, 6.45) is 1.56. The number of thiophene rings is 1. The van der Waals surface area contributed by atoms with Crippen molar-refractivity contribution in [2.24, 2.45) is 0 Å². The van der Waals surface area contributed by atoms with Crippen LogP contribution in [0, 0.1) is 13.8 Å². The molecule has 0 aliphatic heterocycles. The average molecular weight is 433 g/mol. The Morgan fingerprint density at radius 3 is 2.79 bits per heavy atom. The van der Waals surface area contributed by atoms with E-state index in [2.05, 4.69) is 10.3 Å². The Hall–Kier alpha value is -2.71. The van der Waals surface area contributed by atoms with Crippen LogP contribution in [0.15, 0.2) is 35.4 Å². The van der Waals surface area contributed by atoms with Crippen molar-refractivity contribution >= 4 is 50.7 Å². The van der Waals surface area contributed by atoms with Gasteiger partial charge in [0.2, 0.25) is 11.8 Å². The molecule has 29 heavy (non-hydrogen) atoms. The third-order valence-corrected chi connectivity index (χ3v) is 5.99. The molecule has 7 nitrogen and oxygen atoms in total. The first kappa shape index (κ1) is 21.0. The van der Waals surface area contributed by atoms with E-state index < -0.39 is 0 Å². The molecule has 0 aliphatic carbocycles. The summed E-state index contributed by atoms with van der Waals surface area (Å²) < 4.78 is 1.44. The van der Waals surface area contributed by atoms with Gasteiger partial charge in [-0.05, 0) is 37.6 Å². The first-order chi connectivity index (χ1) is 13.8. The molecule has 2 amide bonds. The second kappa shape index (κ2) is 8.75. The molecule has 0 aliphatic rings. The van der Waals surface area contributed by atoms with Gasteiger partial charge in [-0.3, -0.25) is 19.0 Å². The van der Waals surface area contributed by atoms with Crippen LogP contribution < -0.4 is 10.9 Å². The van der Waals surface area contributed by atoms with Crippen molar-refractivity contribution in [3.8, 4) is 0 Å². The van der Waals surface area contributed by atoms with Gasteiger partial charge in [0.1, 0.15) is 4.83 Å². The molecule has 0 unspecified atom stereocenters. The summed E-state index contributed by atoms with van der Waals surface area (Å²) in [4.78, 5) is 44.7. The maximum atomic E-state index is 12.7. The number of carbonyl (C=O) groups excluding carboxylic acids is 2. The molecule has 3 aromatic rings. The van der Waals surface area contributed by atoms with E-state index in [4.69, 9.17) is 11.6 Å². The third kappa shape index (κ3) is 4.83. The average Bonchev–Trinajstić information content (AvgIpc) is 2.95. The molecule has 0 saturated carbocycles. The Balaban J connectivity index is 1.59. The molecular weight excluding hydrogens is 412 g/mol. The largest absolute Gasteiger partial charge is 0.336 e. The number of hydrogen-bond donors (Lipinski definition) is 1. The standard InChI is InChI=1S/C20H21ClN4O3S/c1-12-13(2)29-19-18(12)20(28)25(11-22-19)8-7-17(27)24(3)10-16(26)23-15-6-4-5-14(21)9-15/h4-6,9,11H,7-8,10H2,1-3H3,(H,23,26). The van der Waals surface area contributed by atoms with E-state index in [9.17, 15) is 14.4 Å².